The van der Waals surface area contributed by atoms with Crippen molar-refractivity contribution in [1.82, 2.24) is 19.1 Å². The molecule has 0 unspecified atom stereocenters. The van der Waals surface area contributed by atoms with Gasteiger partial charge in [-0.1, -0.05) is 18.2 Å². The predicted octanol–water partition coefficient (Wildman–Crippen LogP) is 1.10. The molecule has 0 saturated heterocycles. The van der Waals surface area contributed by atoms with Crippen LogP contribution in [0, 0.1) is 13.8 Å². The smallest absolute Gasteiger partial charge is 0.243 e. The van der Waals surface area contributed by atoms with Crippen molar-refractivity contribution in [3.8, 4) is 0 Å². The monoisotopic (exact) mass is 292 g/mol. The summed E-state index contributed by atoms with van der Waals surface area (Å²) in [5, 5.41) is 8.04. The minimum absolute atomic E-state index is 0.275. The molecule has 0 amide bonds. The molecule has 1 aromatic heterocycles. The molecule has 0 radical (unpaired) electrons. The molecule has 0 N–H and O–H groups in total. The van der Waals surface area contributed by atoms with E-state index in [9.17, 15) is 8.42 Å². The van der Waals surface area contributed by atoms with Crippen molar-refractivity contribution in [2.24, 2.45) is 0 Å². The molecular weight excluding hydrogens is 276 g/mol. The Hall–Kier alpha value is -1.73. The van der Waals surface area contributed by atoms with Gasteiger partial charge in [0.2, 0.25) is 10.0 Å². The molecule has 7 heteroatoms. The third kappa shape index (κ3) is 2.03. The van der Waals surface area contributed by atoms with Crippen molar-refractivity contribution in [1.29, 1.82) is 0 Å². The lowest BCUT2D eigenvalue weighted by atomic mass is 10.2. The van der Waals surface area contributed by atoms with E-state index >= 15 is 0 Å². The van der Waals surface area contributed by atoms with E-state index in [0.29, 0.717) is 23.8 Å². The molecule has 2 heterocycles. The van der Waals surface area contributed by atoms with Crippen molar-refractivity contribution < 1.29 is 8.42 Å². The van der Waals surface area contributed by atoms with Gasteiger partial charge in [0, 0.05) is 13.1 Å². The van der Waals surface area contributed by atoms with E-state index < -0.39 is 10.0 Å². The average molecular weight is 292 g/mol. The van der Waals surface area contributed by atoms with E-state index in [2.05, 4.69) is 10.2 Å². The Labute approximate surface area is 118 Å². The van der Waals surface area contributed by atoms with Crippen LogP contribution in [-0.2, 0) is 23.1 Å². The fourth-order valence-electron chi connectivity index (χ4n) is 2.47. The van der Waals surface area contributed by atoms with Crippen LogP contribution in [0.4, 0.5) is 0 Å². The molecule has 20 heavy (non-hydrogen) atoms. The summed E-state index contributed by atoms with van der Waals surface area (Å²) >= 11 is 0. The summed E-state index contributed by atoms with van der Waals surface area (Å²) < 4.78 is 28.8. The SMILES string of the molecule is Cc1ccccc1S(=O)(=O)N1CCn2c(C)nnc2C1. The van der Waals surface area contributed by atoms with Crippen LogP contribution in [-0.4, -0.2) is 34.0 Å². The molecule has 1 aliphatic heterocycles. The number of rotatable bonds is 2. The van der Waals surface area contributed by atoms with Gasteiger partial charge in [0.1, 0.15) is 11.6 Å². The Kier molecular flexibility index (Phi) is 3.10. The molecule has 0 atom stereocenters. The van der Waals surface area contributed by atoms with Gasteiger partial charge in [0.15, 0.2) is 0 Å². The first-order valence-electron chi connectivity index (χ1n) is 6.44. The summed E-state index contributed by atoms with van der Waals surface area (Å²) in [6.07, 6.45) is 0. The maximum absolute atomic E-state index is 12.7. The molecule has 1 aliphatic rings. The molecule has 6 nitrogen and oxygen atoms in total. The zero-order chi connectivity index (χ0) is 14.3. The topological polar surface area (TPSA) is 68.1 Å². The minimum atomic E-state index is -3.47. The highest BCUT2D eigenvalue weighted by molar-refractivity contribution is 7.89. The van der Waals surface area contributed by atoms with E-state index in [1.807, 2.05) is 30.5 Å². The number of sulfonamides is 1. The van der Waals surface area contributed by atoms with Crippen molar-refractivity contribution in [3.63, 3.8) is 0 Å². The van der Waals surface area contributed by atoms with Crippen LogP contribution in [0.25, 0.3) is 0 Å². The molecule has 3 rings (SSSR count). The molecule has 106 valence electrons. The Morgan fingerprint density at radius 2 is 1.85 bits per heavy atom. The lowest BCUT2D eigenvalue weighted by Gasteiger charge is -2.27. The lowest BCUT2D eigenvalue weighted by Crippen LogP contribution is -2.38. The summed E-state index contributed by atoms with van der Waals surface area (Å²) in [4.78, 5) is 0.365. The Morgan fingerprint density at radius 3 is 2.60 bits per heavy atom. The van der Waals surface area contributed by atoms with E-state index in [-0.39, 0.29) is 6.54 Å². The largest absolute Gasteiger partial charge is 0.313 e. The highest BCUT2D eigenvalue weighted by Gasteiger charge is 2.30. The maximum Gasteiger partial charge on any atom is 0.243 e. The third-order valence-electron chi connectivity index (χ3n) is 3.61. The molecule has 0 bridgehead atoms. The van der Waals surface area contributed by atoms with Gasteiger partial charge >= 0.3 is 0 Å². The standard InChI is InChI=1S/C13H16N4O2S/c1-10-5-3-4-6-12(10)20(18,19)16-7-8-17-11(2)14-15-13(17)9-16/h3-6H,7-9H2,1-2H3. The van der Waals surface area contributed by atoms with Gasteiger partial charge in [-0.25, -0.2) is 8.42 Å². The number of hydrogen-bond acceptors (Lipinski definition) is 4. The third-order valence-corrected chi connectivity index (χ3v) is 5.62. The number of fused-ring (bicyclic) bond motifs is 1. The van der Waals surface area contributed by atoms with Crippen molar-refractivity contribution in [2.45, 2.75) is 31.8 Å². The molecule has 0 saturated carbocycles. The first kappa shape index (κ1) is 13.3. The van der Waals surface area contributed by atoms with Gasteiger partial charge in [-0.3, -0.25) is 0 Å². The first-order chi connectivity index (χ1) is 9.50. The second-order valence-corrected chi connectivity index (χ2v) is 6.83. The van der Waals surface area contributed by atoms with Crippen LogP contribution in [0.15, 0.2) is 29.2 Å². The number of hydrogen-bond donors (Lipinski definition) is 0. The number of benzene rings is 1. The Balaban J connectivity index is 1.97. The van der Waals surface area contributed by atoms with Crippen molar-refractivity contribution in [3.05, 3.63) is 41.5 Å². The average Bonchev–Trinajstić information content (AvgIpc) is 2.80. The van der Waals surface area contributed by atoms with E-state index in [4.69, 9.17) is 0 Å². The van der Waals surface area contributed by atoms with Crippen LogP contribution < -0.4 is 0 Å². The summed E-state index contributed by atoms with van der Waals surface area (Å²) in [6, 6.07) is 7.04. The highest BCUT2D eigenvalue weighted by atomic mass is 32.2. The van der Waals surface area contributed by atoms with Crippen LogP contribution in [0.3, 0.4) is 0 Å². The highest BCUT2D eigenvalue weighted by Crippen LogP contribution is 2.23. The normalized spacial score (nSPS) is 16.1. The molecule has 0 aliphatic carbocycles. The fraction of sp³-hybridized carbons (Fsp3) is 0.385. The molecule has 2 aromatic rings. The maximum atomic E-state index is 12.7. The van der Waals surface area contributed by atoms with Crippen molar-refractivity contribution in [2.75, 3.05) is 6.54 Å². The van der Waals surface area contributed by atoms with Crippen LogP contribution in [0.5, 0.6) is 0 Å². The molecule has 1 aromatic carbocycles. The molecule has 0 spiro atoms. The second-order valence-electron chi connectivity index (χ2n) is 4.92. The van der Waals surface area contributed by atoms with Gasteiger partial charge < -0.3 is 4.57 Å². The van der Waals surface area contributed by atoms with Gasteiger partial charge in [0.05, 0.1) is 11.4 Å². The summed E-state index contributed by atoms with van der Waals surface area (Å²) in [5.41, 5.74) is 0.760. The summed E-state index contributed by atoms with van der Waals surface area (Å²) in [6.45, 7) is 5.00. The Morgan fingerprint density at radius 1 is 1.10 bits per heavy atom. The molecule has 0 fully saturated rings. The quantitative estimate of drug-likeness (QED) is 0.831. The lowest BCUT2D eigenvalue weighted by molar-refractivity contribution is 0.333. The van der Waals surface area contributed by atoms with Crippen LogP contribution in [0.2, 0.25) is 0 Å². The fourth-order valence-corrected chi connectivity index (χ4v) is 4.08. The van der Waals surface area contributed by atoms with Gasteiger partial charge in [-0.15, -0.1) is 10.2 Å². The van der Waals surface area contributed by atoms with Gasteiger partial charge in [-0.2, -0.15) is 4.31 Å². The summed E-state index contributed by atoms with van der Waals surface area (Å²) in [5.74, 6) is 1.53. The zero-order valence-electron chi connectivity index (χ0n) is 11.4. The molecular formula is C13H16N4O2S. The van der Waals surface area contributed by atoms with E-state index in [0.717, 1.165) is 11.4 Å². The number of aryl methyl sites for hydroxylation is 2. The van der Waals surface area contributed by atoms with Gasteiger partial charge in [0.25, 0.3) is 0 Å². The zero-order valence-corrected chi connectivity index (χ0v) is 12.3. The van der Waals surface area contributed by atoms with Crippen LogP contribution in [0.1, 0.15) is 17.2 Å². The van der Waals surface area contributed by atoms with Gasteiger partial charge in [-0.05, 0) is 25.5 Å². The predicted molar refractivity (Wildman–Crippen MR) is 73.5 cm³/mol. The first-order valence-corrected chi connectivity index (χ1v) is 7.88. The second kappa shape index (κ2) is 4.68. The van der Waals surface area contributed by atoms with E-state index in [1.165, 1.54) is 4.31 Å². The minimum Gasteiger partial charge on any atom is -0.313 e. The van der Waals surface area contributed by atoms with E-state index in [1.54, 1.807) is 12.1 Å². The van der Waals surface area contributed by atoms with Crippen LogP contribution >= 0.6 is 0 Å². The van der Waals surface area contributed by atoms with Crippen molar-refractivity contribution >= 4 is 10.0 Å². The Bertz CT molecular complexity index is 751. The number of nitrogens with zero attached hydrogens (tertiary/aromatic N) is 4. The number of aromatic nitrogens is 3. The summed E-state index contributed by atoms with van der Waals surface area (Å²) in [7, 11) is -3.47.